The highest BCUT2D eigenvalue weighted by Gasteiger charge is 2.38. The Morgan fingerprint density at radius 2 is 2.07 bits per heavy atom. The number of nitrogen functional groups attached to an aromatic ring is 1. The molecule has 156 valence electrons. The van der Waals surface area contributed by atoms with Gasteiger partial charge in [-0.3, -0.25) is 9.59 Å². The smallest absolute Gasteiger partial charge is 0.292 e. The van der Waals surface area contributed by atoms with E-state index in [1.54, 1.807) is 21.9 Å². The zero-order valence-corrected chi connectivity index (χ0v) is 16.7. The van der Waals surface area contributed by atoms with E-state index in [0.717, 1.165) is 11.4 Å². The van der Waals surface area contributed by atoms with Crippen LogP contribution in [0, 0.1) is 12.8 Å². The Labute approximate surface area is 168 Å². The van der Waals surface area contributed by atoms with Crippen LogP contribution in [0.15, 0.2) is 16.7 Å². The molecule has 2 atom stereocenters. The Balaban J connectivity index is 1.51. The summed E-state index contributed by atoms with van der Waals surface area (Å²) in [6.45, 7) is 6.17. The van der Waals surface area contributed by atoms with Crippen molar-refractivity contribution in [2.75, 3.05) is 38.6 Å². The Kier molecular flexibility index (Phi) is 5.27. The summed E-state index contributed by atoms with van der Waals surface area (Å²) < 4.78 is 12.5. The first-order valence-electron chi connectivity index (χ1n) is 9.86. The van der Waals surface area contributed by atoms with Crippen molar-refractivity contribution in [1.82, 2.24) is 24.7 Å². The number of fused-ring (bicyclic) bond motifs is 3. The summed E-state index contributed by atoms with van der Waals surface area (Å²) in [6.07, 6.45) is 0.703. The summed E-state index contributed by atoms with van der Waals surface area (Å²) in [5, 5.41) is 8.19. The molecule has 0 aromatic carbocycles. The van der Waals surface area contributed by atoms with Crippen molar-refractivity contribution in [2.45, 2.75) is 32.9 Å². The molecule has 2 bridgehead atoms. The van der Waals surface area contributed by atoms with E-state index in [1.165, 1.54) is 4.68 Å². The summed E-state index contributed by atoms with van der Waals surface area (Å²) in [4.78, 5) is 29.5. The zero-order valence-electron chi connectivity index (χ0n) is 16.7. The molecule has 2 aliphatic heterocycles. The number of amides is 2. The van der Waals surface area contributed by atoms with E-state index in [-0.39, 0.29) is 36.1 Å². The van der Waals surface area contributed by atoms with E-state index in [1.807, 2.05) is 13.8 Å². The first-order chi connectivity index (χ1) is 13.9. The minimum absolute atomic E-state index is 0.0284. The number of anilines is 1. The van der Waals surface area contributed by atoms with Crippen LogP contribution in [0.4, 0.5) is 5.82 Å². The predicted octanol–water partition coefficient (Wildman–Crippen LogP) is 0.324. The van der Waals surface area contributed by atoms with Crippen molar-refractivity contribution >= 4 is 17.6 Å². The van der Waals surface area contributed by atoms with Crippen molar-refractivity contribution in [3.63, 3.8) is 0 Å². The Morgan fingerprint density at radius 1 is 1.24 bits per heavy atom. The zero-order chi connectivity index (χ0) is 20.5. The number of aromatic nitrogens is 3. The van der Waals surface area contributed by atoms with E-state index in [4.69, 9.17) is 15.0 Å². The molecule has 0 saturated carbocycles. The number of rotatable bonds is 4. The number of carbonyl (C=O) groups is 2. The van der Waals surface area contributed by atoms with Gasteiger partial charge in [-0.15, -0.1) is 0 Å². The fourth-order valence-electron chi connectivity index (χ4n) is 3.96. The first-order valence-corrected chi connectivity index (χ1v) is 9.86. The molecule has 4 heterocycles. The van der Waals surface area contributed by atoms with E-state index in [9.17, 15) is 9.59 Å². The van der Waals surface area contributed by atoms with Crippen molar-refractivity contribution < 1.29 is 18.8 Å². The van der Waals surface area contributed by atoms with E-state index < -0.39 is 0 Å². The minimum Gasteiger partial charge on any atom is -0.384 e. The van der Waals surface area contributed by atoms with Gasteiger partial charge < -0.3 is 24.8 Å². The molecule has 2 aromatic rings. The number of nitrogens with zero attached hydrogens (tertiary/aromatic N) is 5. The fraction of sp³-hybridized carbons (Fsp3) is 0.579. The first kappa shape index (κ1) is 19.4. The van der Waals surface area contributed by atoms with Crippen LogP contribution >= 0.6 is 0 Å². The molecule has 2 amide bonds. The van der Waals surface area contributed by atoms with E-state index in [2.05, 4.69) is 10.3 Å². The van der Waals surface area contributed by atoms with Gasteiger partial charge in [0.2, 0.25) is 11.7 Å². The SMILES string of the molecule is CCc1cc(C(=O)N2C[C@@H]3COC[C@H](C2)N(C(=O)Cn2nc(C)cc2N)C3)on1. The van der Waals surface area contributed by atoms with Gasteiger partial charge in [-0.1, -0.05) is 12.1 Å². The molecule has 4 rings (SSSR count). The molecule has 0 radical (unpaired) electrons. The van der Waals surface area contributed by atoms with Crippen LogP contribution in [0.3, 0.4) is 0 Å². The highest BCUT2D eigenvalue weighted by atomic mass is 16.5. The third-order valence-electron chi connectivity index (χ3n) is 5.43. The van der Waals surface area contributed by atoms with Crippen LogP contribution in [0.5, 0.6) is 0 Å². The number of carbonyl (C=O) groups excluding carboxylic acids is 2. The summed E-state index contributed by atoms with van der Waals surface area (Å²) in [6, 6.07) is 3.19. The molecule has 29 heavy (non-hydrogen) atoms. The Bertz CT molecular complexity index is 906. The highest BCUT2D eigenvalue weighted by molar-refractivity contribution is 5.91. The lowest BCUT2D eigenvalue weighted by Crippen LogP contribution is -2.48. The molecule has 0 spiro atoms. The second-order valence-electron chi connectivity index (χ2n) is 7.72. The minimum atomic E-state index is -0.231. The Morgan fingerprint density at radius 3 is 2.76 bits per heavy atom. The van der Waals surface area contributed by atoms with Gasteiger partial charge in [-0.2, -0.15) is 5.10 Å². The Hall–Kier alpha value is -2.88. The molecular formula is C19H26N6O4. The van der Waals surface area contributed by atoms with Crippen molar-refractivity contribution in [1.29, 1.82) is 0 Å². The monoisotopic (exact) mass is 402 g/mol. The van der Waals surface area contributed by atoms with Gasteiger partial charge in [0.05, 0.1) is 30.6 Å². The molecule has 2 aliphatic rings. The summed E-state index contributed by atoms with van der Waals surface area (Å²) in [5.74, 6) is 0.442. The second kappa shape index (κ2) is 7.86. The highest BCUT2D eigenvalue weighted by Crippen LogP contribution is 2.22. The number of nitrogens with two attached hydrogens (primary N) is 1. The summed E-state index contributed by atoms with van der Waals surface area (Å²) in [5.41, 5.74) is 7.45. The number of hydrogen-bond acceptors (Lipinski definition) is 7. The van der Waals surface area contributed by atoms with Crippen LogP contribution in [0.1, 0.15) is 28.9 Å². The maximum absolute atomic E-state index is 13.0. The van der Waals surface area contributed by atoms with Crippen LogP contribution < -0.4 is 5.73 Å². The normalized spacial score (nSPS) is 21.9. The van der Waals surface area contributed by atoms with Gasteiger partial charge in [-0.05, 0) is 13.3 Å². The third kappa shape index (κ3) is 3.98. The summed E-state index contributed by atoms with van der Waals surface area (Å²) in [7, 11) is 0. The van der Waals surface area contributed by atoms with E-state index in [0.29, 0.717) is 45.1 Å². The average molecular weight is 402 g/mol. The quantitative estimate of drug-likeness (QED) is 0.782. The second-order valence-corrected chi connectivity index (χ2v) is 7.72. The molecule has 2 saturated heterocycles. The molecule has 2 fully saturated rings. The third-order valence-corrected chi connectivity index (χ3v) is 5.43. The molecule has 10 nitrogen and oxygen atoms in total. The molecule has 2 aromatic heterocycles. The molecular weight excluding hydrogens is 376 g/mol. The maximum atomic E-state index is 13.0. The largest absolute Gasteiger partial charge is 0.384 e. The van der Waals surface area contributed by atoms with Gasteiger partial charge >= 0.3 is 0 Å². The van der Waals surface area contributed by atoms with Gasteiger partial charge in [-0.25, -0.2) is 4.68 Å². The fourth-order valence-corrected chi connectivity index (χ4v) is 3.96. The van der Waals surface area contributed by atoms with Gasteiger partial charge in [0.15, 0.2) is 0 Å². The number of aryl methyl sites for hydroxylation is 2. The van der Waals surface area contributed by atoms with Gasteiger partial charge in [0.25, 0.3) is 5.91 Å². The van der Waals surface area contributed by atoms with Gasteiger partial charge in [0.1, 0.15) is 12.4 Å². The standard InChI is InChI=1S/C19H26N6O4/c1-3-14-5-16(29-22-14)19(27)23-6-13-7-24(15(8-23)11-28-10-13)18(26)9-25-17(20)4-12(2)21-25/h4-5,13,15H,3,6-11,20H2,1-2H3/t13-,15-/m0/s1. The molecule has 10 heteroatoms. The number of ether oxygens (including phenoxy) is 1. The van der Waals surface area contributed by atoms with Crippen LogP contribution in [0.25, 0.3) is 0 Å². The van der Waals surface area contributed by atoms with Gasteiger partial charge in [0, 0.05) is 37.7 Å². The molecule has 0 unspecified atom stereocenters. The van der Waals surface area contributed by atoms with Crippen LogP contribution in [-0.2, 0) is 22.5 Å². The van der Waals surface area contributed by atoms with Crippen molar-refractivity contribution in [3.05, 3.63) is 29.3 Å². The summed E-state index contributed by atoms with van der Waals surface area (Å²) >= 11 is 0. The lowest BCUT2D eigenvalue weighted by Gasteiger charge is -2.30. The van der Waals surface area contributed by atoms with Crippen molar-refractivity contribution in [2.24, 2.45) is 5.92 Å². The lowest BCUT2D eigenvalue weighted by molar-refractivity contribution is -0.134. The topological polar surface area (TPSA) is 120 Å². The predicted molar refractivity (Wildman–Crippen MR) is 103 cm³/mol. The number of hydrogen-bond donors (Lipinski definition) is 1. The molecule has 0 aliphatic carbocycles. The van der Waals surface area contributed by atoms with E-state index >= 15 is 0 Å². The van der Waals surface area contributed by atoms with Crippen LogP contribution in [0.2, 0.25) is 0 Å². The average Bonchev–Trinajstić information content (AvgIpc) is 3.14. The van der Waals surface area contributed by atoms with Crippen LogP contribution in [-0.4, -0.2) is 75.4 Å². The molecule has 2 N–H and O–H groups in total. The lowest BCUT2D eigenvalue weighted by atomic mass is 10.1. The maximum Gasteiger partial charge on any atom is 0.292 e. The van der Waals surface area contributed by atoms with Crippen molar-refractivity contribution in [3.8, 4) is 0 Å².